The van der Waals surface area contributed by atoms with Gasteiger partial charge in [-0.1, -0.05) is 0 Å². The predicted octanol–water partition coefficient (Wildman–Crippen LogP) is 1.04. The minimum Gasteiger partial charge on any atom is -0.490 e. The van der Waals surface area contributed by atoms with Gasteiger partial charge in [-0.3, -0.25) is 4.79 Å². The molecule has 7 heteroatoms. The fourth-order valence-electron chi connectivity index (χ4n) is 3.50. The van der Waals surface area contributed by atoms with E-state index in [1.165, 1.54) is 12.1 Å². The van der Waals surface area contributed by atoms with E-state index in [0.717, 1.165) is 0 Å². The summed E-state index contributed by atoms with van der Waals surface area (Å²) in [6, 6.07) is 4.58. The van der Waals surface area contributed by atoms with Gasteiger partial charge in [0.25, 0.3) is 0 Å². The molecule has 0 bridgehead atoms. The smallest absolute Gasteiger partial charge is 0.347 e. The van der Waals surface area contributed by atoms with Crippen molar-refractivity contribution >= 4 is 17.9 Å². The Balaban J connectivity index is 1.49. The van der Waals surface area contributed by atoms with Gasteiger partial charge < -0.3 is 19.3 Å². The molecule has 23 heavy (non-hydrogen) atoms. The van der Waals surface area contributed by atoms with Gasteiger partial charge in [-0.15, -0.1) is 0 Å². The van der Waals surface area contributed by atoms with Crippen molar-refractivity contribution in [3.8, 4) is 5.75 Å². The highest BCUT2D eigenvalue weighted by molar-refractivity contribution is 6.14. The average molecular weight is 318 g/mol. The number of cyclic esters (lactones) is 3. The minimum absolute atomic E-state index is 0.171. The van der Waals surface area contributed by atoms with Crippen LogP contribution >= 0.6 is 0 Å². The van der Waals surface area contributed by atoms with Crippen molar-refractivity contribution in [1.29, 1.82) is 0 Å². The molecule has 2 aliphatic heterocycles. The highest BCUT2D eigenvalue weighted by Gasteiger charge is 2.47. The van der Waals surface area contributed by atoms with E-state index in [2.05, 4.69) is 4.74 Å². The van der Waals surface area contributed by atoms with E-state index in [4.69, 9.17) is 9.47 Å². The lowest BCUT2D eigenvalue weighted by atomic mass is 9.79. The fourth-order valence-corrected chi connectivity index (χ4v) is 3.50. The molecule has 120 valence electrons. The van der Waals surface area contributed by atoms with Crippen LogP contribution in [-0.2, 0) is 14.3 Å². The molecule has 0 spiro atoms. The van der Waals surface area contributed by atoms with Crippen molar-refractivity contribution in [3.63, 3.8) is 0 Å². The molecule has 3 aliphatic rings. The zero-order valence-electron chi connectivity index (χ0n) is 12.1. The molecule has 4 unspecified atom stereocenters. The Bertz CT molecular complexity index is 710. The van der Waals surface area contributed by atoms with E-state index in [1.807, 2.05) is 0 Å². The van der Waals surface area contributed by atoms with Gasteiger partial charge in [0.1, 0.15) is 5.75 Å². The molecule has 1 aromatic rings. The van der Waals surface area contributed by atoms with Crippen LogP contribution in [0, 0.1) is 11.8 Å². The van der Waals surface area contributed by atoms with Crippen LogP contribution in [0.1, 0.15) is 40.0 Å². The molecule has 4 rings (SSSR count). The maximum atomic E-state index is 11.7. The van der Waals surface area contributed by atoms with Crippen LogP contribution in [0.4, 0.5) is 0 Å². The van der Waals surface area contributed by atoms with Gasteiger partial charge in [0.05, 0.1) is 23.1 Å². The highest BCUT2D eigenvalue weighted by Crippen LogP contribution is 2.40. The minimum atomic E-state index is -1.02. The summed E-state index contributed by atoms with van der Waals surface area (Å²) < 4.78 is 15.2. The summed E-state index contributed by atoms with van der Waals surface area (Å²) in [6.45, 7) is 0. The second-order valence-corrected chi connectivity index (χ2v) is 6.04. The third kappa shape index (κ3) is 2.28. The van der Waals surface area contributed by atoms with E-state index in [9.17, 15) is 19.5 Å². The van der Waals surface area contributed by atoms with Gasteiger partial charge in [0, 0.05) is 5.92 Å². The third-order valence-electron chi connectivity index (χ3n) is 4.68. The molecular weight excluding hydrogens is 304 g/mol. The highest BCUT2D eigenvalue weighted by atomic mass is 16.6. The van der Waals surface area contributed by atoms with Crippen molar-refractivity contribution in [2.24, 2.45) is 11.8 Å². The second kappa shape index (κ2) is 5.06. The number of aliphatic hydroxyl groups excluding tert-OH is 1. The molecule has 1 saturated heterocycles. The maximum Gasteiger partial charge on any atom is 0.347 e. The number of fused-ring (bicyclic) bond motifs is 2. The van der Waals surface area contributed by atoms with Crippen LogP contribution in [0.15, 0.2) is 18.2 Å². The zero-order valence-corrected chi connectivity index (χ0v) is 12.1. The summed E-state index contributed by atoms with van der Waals surface area (Å²) in [5.41, 5.74) is 0.422. The normalized spacial score (nSPS) is 32.1. The van der Waals surface area contributed by atoms with Gasteiger partial charge in [-0.2, -0.15) is 0 Å². The Kier molecular flexibility index (Phi) is 3.12. The molecule has 7 nitrogen and oxygen atoms in total. The van der Waals surface area contributed by atoms with Crippen molar-refractivity contribution < 1.29 is 33.7 Å². The first-order chi connectivity index (χ1) is 11.0. The largest absolute Gasteiger partial charge is 0.490 e. The Morgan fingerprint density at radius 2 is 1.87 bits per heavy atom. The fraction of sp³-hybridized carbons (Fsp3) is 0.438. The zero-order chi connectivity index (χ0) is 16.1. The van der Waals surface area contributed by atoms with Crippen LogP contribution in [0.3, 0.4) is 0 Å². The number of hydrogen-bond acceptors (Lipinski definition) is 7. The SMILES string of the molecule is O=C1OC(=O)c2cc(OC3CCC4C(O)OC(=O)C4C3)ccc21. The number of carbonyl (C=O) groups is 3. The molecule has 1 aliphatic carbocycles. The molecule has 0 radical (unpaired) electrons. The van der Waals surface area contributed by atoms with Crippen LogP contribution in [-0.4, -0.2) is 35.4 Å². The first-order valence-corrected chi connectivity index (χ1v) is 7.48. The van der Waals surface area contributed by atoms with E-state index < -0.39 is 18.2 Å². The Labute approximate surface area is 131 Å². The summed E-state index contributed by atoms with van der Waals surface area (Å²) in [6.07, 6.45) is 0.541. The van der Waals surface area contributed by atoms with Crippen LogP contribution in [0.2, 0.25) is 0 Å². The first kappa shape index (κ1) is 14.2. The number of rotatable bonds is 2. The topological polar surface area (TPSA) is 99.1 Å². The quantitative estimate of drug-likeness (QED) is 0.642. The van der Waals surface area contributed by atoms with Crippen LogP contribution < -0.4 is 4.74 Å². The van der Waals surface area contributed by atoms with E-state index in [-0.39, 0.29) is 35.0 Å². The lowest BCUT2D eigenvalue weighted by molar-refractivity contribution is -0.157. The van der Waals surface area contributed by atoms with E-state index >= 15 is 0 Å². The molecule has 0 aromatic heterocycles. The predicted molar refractivity (Wildman–Crippen MR) is 73.5 cm³/mol. The third-order valence-corrected chi connectivity index (χ3v) is 4.68. The summed E-state index contributed by atoms with van der Waals surface area (Å²) in [5, 5.41) is 9.66. The number of esters is 3. The Morgan fingerprint density at radius 3 is 2.70 bits per heavy atom. The summed E-state index contributed by atoms with van der Waals surface area (Å²) >= 11 is 0. The summed E-state index contributed by atoms with van der Waals surface area (Å²) in [4.78, 5) is 34.7. The van der Waals surface area contributed by atoms with Crippen LogP contribution in [0.25, 0.3) is 0 Å². The van der Waals surface area contributed by atoms with Crippen molar-refractivity contribution in [1.82, 2.24) is 0 Å². The molecule has 0 amide bonds. The van der Waals surface area contributed by atoms with Gasteiger partial charge >= 0.3 is 17.9 Å². The van der Waals surface area contributed by atoms with Gasteiger partial charge in [0.15, 0.2) is 0 Å². The average Bonchev–Trinajstić information content (AvgIpc) is 2.96. The molecule has 4 atom stereocenters. The standard InChI is InChI=1S/C16H14O7/c17-13-9-3-1-7(5-11(9)15(19)22-13)21-8-2-4-10-12(6-8)16(20)23-14(10)18/h1,3,5,8,10,12,14,18H,2,4,6H2. The van der Waals surface area contributed by atoms with Crippen LogP contribution in [0.5, 0.6) is 5.75 Å². The number of aliphatic hydroxyl groups is 1. The summed E-state index contributed by atoms with van der Waals surface area (Å²) in [7, 11) is 0. The van der Waals surface area contributed by atoms with Crippen molar-refractivity contribution in [3.05, 3.63) is 29.3 Å². The molecule has 1 N–H and O–H groups in total. The monoisotopic (exact) mass is 318 g/mol. The molecule has 1 aromatic carbocycles. The van der Waals surface area contributed by atoms with E-state index in [0.29, 0.717) is 25.0 Å². The van der Waals surface area contributed by atoms with Gasteiger partial charge in [-0.25, -0.2) is 9.59 Å². The molecule has 2 fully saturated rings. The molecular formula is C16H14O7. The lowest BCUT2D eigenvalue weighted by Crippen LogP contribution is -2.34. The number of carbonyl (C=O) groups excluding carboxylic acids is 3. The number of ether oxygens (including phenoxy) is 3. The van der Waals surface area contributed by atoms with Gasteiger partial charge in [0.2, 0.25) is 6.29 Å². The molecule has 2 heterocycles. The number of hydrogen-bond donors (Lipinski definition) is 1. The van der Waals surface area contributed by atoms with Crippen molar-refractivity contribution in [2.45, 2.75) is 31.7 Å². The Morgan fingerprint density at radius 1 is 1.09 bits per heavy atom. The first-order valence-electron chi connectivity index (χ1n) is 7.48. The van der Waals surface area contributed by atoms with Crippen molar-refractivity contribution in [2.75, 3.05) is 0 Å². The maximum absolute atomic E-state index is 11.7. The lowest BCUT2D eigenvalue weighted by Gasteiger charge is -2.30. The summed E-state index contributed by atoms with van der Waals surface area (Å²) in [5.74, 6) is -1.80. The van der Waals surface area contributed by atoms with Gasteiger partial charge in [-0.05, 0) is 37.5 Å². The molecule has 1 saturated carbocycles. The second-order valence-electron chi connectivity index (χ2n) is 6.04. The number of benzene rings is 1. The van der Waals surface area contributed by atoms with E-state index in [1.54, 1.807) is 6.07 Å². The Hall–Kier alpha value is -2.41.